The molecule has 2 atom stereocenters. The number of rotatable bonds is 4. The van der Waals surface area contributed by atoms with E-state index in [0.717, 1.165) is 19.4 Å². The molecule has 1 aliphatic heterocycles. The number of hydrogen-bond acceptors (Lipinski definition) is 3. The first-order valence-corrected chi connectivity index (χ1v) is 7.89. The van der Waals surface area contributed by atoms with Gasteiger partial charge in [0.15, 0.2) is 0 Å². The minimum atomic E-state index is -0.661. The fourth-order valence-electron chi connectivity index (χ4n) is 2.57. The predicted molar refractivity (Wildman–Crippen MR) is 73.4 cm³/mol. The lowest BCUT2D eigenvalue weighted by molar-refractivity contribution is -0.139. The van der Waals surface area contributed by atoms with Crippen LogP contribution in [0.15, 0.2) is 0 Å². The highest BCUT2D eigenvalue weighted by Gasteiger charge is 2.51. The van der Waals surface area contributed by atoms with E-state index < -0.39 is 5.54 Å². The van der Waals surface area contributed by atoms with Gasteiger partial charge in [0, 0.05) is 24.8 Å². The Morgan fingerprint density at radius 2 is 2.17 bits per heavy atom. The molecular weight excluding hydrogens is 248 g/mol. The van der Waals surface area contributed by atoms with Gasteiger partial charge in [0.2, 0.25) is 11.8 Å². The standard InChI is InChI=1S/C13H22N2O2S/c1-9(18-3)8-15-7-6-11(16)14-13(2,12(15)17)10-4-5-10/h9-10H,4-8H2,1-3H3,(H,14,16). The SMILES string of the molecule is CSC(C)CN1CCC(=O)NC(C)(C2CC2)C1=O. The third-order valence-corrected chi connectivity index (χ3v) is 4.97. The molecule has 5 heteroatoms. The molecule has 2 unspecified atom stereocenters. The summed E-state index contributed by atoms with van der Waals surface area (Å²) in [4.78, 5) is 26.3. The highest BCUT2D eigenvalue weighted by molar-refractivity contribution is 7.99. The molecule has 0 aromatic carbocycles. The topological polar surface area (TPSA) is 49.4 Å². The number of nitrogens with one attached hydrogen (secondary N) is 1. The van der Waals surface area contributed by atoms with E-state index >= 15 is 0 Å². The molecule has 2 rings (SSSR count). The van der Waals surface area contributed by atoms with E-state index in [4.69, 9.17) is 0 Å². The minimum absolute atomic E-state index is 0.0112. The summed E-state index contributed by atoms with van der Waals surface area (Å²) in [7, 11) is 0. The molecule has 2 aliphatic rings. The first kappa shape index (κ1) is 13.7. The van der Waals surface area contributed by atoms with E-state index in [1.165, 1.54) is 0 Å². The zero-order valence-corrected chi connectivity index (χ0v) is 12.2. The lowest BCUT2D eigenvalue weighted by Gasteiger charge is -2.33. The molecule has 4 nitrogen and oxygen atoms in total. The van der Waals surface area contributed by atoms with Crippen LogP contribution < -0.4 is 5.32 Å². The molecule has 0 aromatic heterocycles. The molecule has 1 heterocycles. The van der Waals surface area contributed by atoms with Crippen molar-refractivity contribution in [2.75, 3.05) is 19.3 Å². The summed E-state index contributed by atoms with van der Waals surface area (Å²) in [6.45, 7) is 5.30. The molecule has 1 N–H and O–H groups in total. The molecular formula is C13H22N2O2S. The van der Waals surface area contributed by atoms with E-state index in [9.17, 15) is 9.59 Å². The summed E-state index contributed by atoms with van der Waals surface area (Å²) in [6, 6.07) is 0. The summed E-state index contributed by atoms with van der Waals surface area (Å²) in [6.07, 6.45) is 4.58. The number of carbonyl (C=O) groups is 2. The number of thioether (sulfide) groups is 1. The normalized spacial score (nSPS) is 30.9. The highest BCUT2D eigenvalue weighted by Crippen LogP contribution is 2.41. The maximum absolute atomic E-state index is 12.6. The van der Waals surface area contributed by atoms with Gasteiger partial charge in [0.25, 0.3) is 0 Å². The molecule has 1 saturated heterocycles. The van der Waals surface area contributed by atoms with Crippen molar-refractivity contribution in [1.82, 2.24) is 10.2 Å². The van der Waals surface area contributed by atoms with Crippen LogP contribution in [0, 0.1) is 5.92 Å². The second-order valence-electron chi connectivity index (χ2n) is 5.57. The van der Waals surface area contributed by atoms with Crippen LogP contribution in [-0.2, 0) is 9.59 Å². The Hall–Kier alpha value is -0.710. The van der Waals surface area contributed by atoms with Crippen molar-refractivity contribution in [2.24, 2.45) is 5.92 Å². The Balaban J connectivity index is 2.15. The lowest BCUT2D eigenvalue weighted by Crippen LogP contribution is -2.57. The van der Waals surface area contributed by atoms with Crippen molar-refractivity contribution < 1.29 is 9.59 Å². The van der Waals surface area contributed by atoms with Gasteiger partial charge in [0.05, 0.1) is 0 Å². The minimum Gasteiger partial charge on any atom is -0.342 e. The van der Waals surface area contributed by atoms with Gasteiger partial charge in [-0.2, -0.15) is 11.8 Å². The monoisotopic (exact) mass is 270 g/mol. The molecule has 1 saturated carbocycles. The van der Waals surface area contributed by atoms with Crippen LogP contribution in [0.2, 0.25) is 0 Å². The van der Waals surface area contributed by atoms with Crippen LogP contribution in [0.5, 0.6) is 0 Å². The predicted octanol–water partition coefficient (Wildman–Crippen LogP) is 1.26. The van der Waals surface area contributed by atoms with Gasteiger partial charge in [-0.3, -0.25) is 9.59 Å². The van der Waals surface area contributed by atoms with Crippen LogP contribution in [0.4, 0.5) is 0 Å². The van der Waals surface area contributed by atoms with Crippen LogP contribution in [0.1, 0.15) is 33.1 Å². The van der Waals surface area contributed by atoms with Gasteiger partial charge < -0.3 is 10.2 Å². The first-order chi connectivity index (χ1) is 8.47. The summed E-state index contributed by atoms with van der Waals surface area (Å²) in [5, 5.41) is 3.36. The molecule has 2 amide bonds. The summed E-state index contributed by atoms with van der Waals surface area (Å²) < 4.78 is 0. The van der Waals surface area contributed by atoms with E-state index in [1.54, 1.807) is 11.8 Å². The van der Waals surface area contributed by atoms with Gasteiger partial charge in [0.1, 0.15) is 5.54 Å². The van der Waals surface area contributed by atoms with E-state index in [2.05, 4.69) is 18.5 Å². The molecule has 0 spiro atoms. The molecule has 0 radical (unpaired) electrons. The number of nitrogens with zero attached hydrogens (tertiary/aromatic N) is 1. The molecule has 0 bridgehead atoms. The van der Waals surface area contributed by atoms with E-state index in [0.29, 0.717) is 24.1 Å². The Labute approximate surface area is 113 Å². The Morgan fingerprint density at radius 3 is 2.72 bits per heavy atom. The van der Waals surface area contributed by atoms with Gasteiger partial charge in [-0.15, -0.1) is 0 Å². The smallest absolute Gasteiger partial charge is 0.248 e. The average Bonchev–Trinajstić information content (AvgIpc) is 3.16. The number of hydrogen-bond donors (Lipinski definition) is 1. The summed E-state index contributed by atoms with van der Waals surface area (Å²) in [5.74, 6) is 0.452. The molecule has 18 heavy (non-hydrogen) atoms. The fraction of sp³-hybridized carbons (Fsp3) is 0.846. The second-order valence-corrected chi connectivity index (χ2v) is 6.85. The first-order valence-electron chi connectivity index (χ1n) is 6.60. The molecule has 0 aromatic rings. The Kier molecular flexibility index (Phi) is 3.90. The van der Waals surface area contributed by atoms with Crippen molar-refractivity contribution in [2.45, 2.75) is 43.9 Å². The number of carbonyl (C=O) groups excluding carboxylic acids is 2. The Bertz CT molecular complexity index is 357. The molecule has 2 fully saturated rings. The molecule has 102 valence electrons. The van der Waals surface area contributed by atoms with Gasteiger partial charge >= 0.3 is 0 Å². The lowest BCUT2D eigenvalue weighted by atomic mass is 9.94. The van der Waals surface area contributed by atoms with Crippen molar-refractivity contribution in [3.8, 4) is 0 Å². The number of amides is 2. The highest BCUT2D eigenvalue weighted by atomic mass is 32.2. The maximum Gasteiger partial charge on any atom is 0.248 e. The van der Waals surface area contributed by atoms with Crippen molar-refractivity contribution >= 4 is 23.6 Å². The van der Waals surface area contributed by atoms with Crippen molar-refractivity contribution in [3.63, 3.8) is 0 Å². The quantitative estimate of drug-likeness (QED) is 0.836. The summed E-state index contributed by atoms with van der Waals surface area (Å²) in [5.41, 5.74) is -0.661. The molecule has 1 aliphatic carbocycles. The zero-order chi connectivity index (χ0) is 13.3. The van der Waals surface area contributed by atoms with E-state index in [-0.39, 0.29) is 11.8 Å². The van der Waals surface area contributed by atoms with Crippen LogP contribution in [-0.4, -0.2) is 46.8 Å². The largest absolute Gasteiger partial charge is 0.342 e. The van der Waals surface area contributed by atoms with E-state index in [1.807, 2.05) is 11.8 Å². The third-order valence-electron chi connectivity index (χ3n) is 4.01. The second kappa shape index (κ2) is 5.11. The third kappa shape index (κ3) is 2.66. The van der Waals surface area contributed by atoms with Gasteiger partial charge in [-0.05, 0) is 31.9 Å². The van der Waals surface area contributed by atoms with Gasteiger partial charge in [-0.25, -0.2) is 0 Å². The van der Waals surface area contributed by atoms with Crippen LogP contribution >= 0.6 is 11.8 Å². The Morgan fingerprint density at radius 1 is 1.50 bits per heavy atom. The average molecular weight is 270 g/mol. The maximum atomic E-state index is 12.6. The fourth-order valence-corrected chi connectivity index (χ4v) is 2.90. The zero-order valence-electron chi connectivity index (χ0n) is 11.4. The van der Waals surface area contributed by atoms with Crippen LogP contribution in [0.25, 0.3) is 0 Å². The summed E-state index contributed by atoms with van der Waals surface area (Å²) >= 11 is 1.75. The van der Waals surface area contributed by atoms with Gasteiger partial charge in [-0.1, -0.05) is 6.92 Å². The van der Waals surface area contributed by atoms with Crippen molar-refractivity contribution in [1.29, 1.82) is 0 Å². The van der Waals surface area contributed by atoms with Crippen molar-refractivity contribution in [3.05, 3.63) is 0 Å². The van der Waals surface area contributed by atoms with Crippen LogP contribution in [0.3, 0.4) is 0 Å².